The zero-order chi connectivity index (χ0) is 13.4. The summed E-state index contributed by atoms with van der Waals surface area (Å²) in [5.74, 6) is 0.346. The van der Waals surface area contributed by atoms with Crippen molar-refractivity contribution in [2.75, 3.05) is 18.5 Å². The first-order valence-corrected chi connectivity index (χ1v) is 6.35. The van der Waals surface area contributed by atoms with Gasteiger partial charge in [0.25, 0.3) is 0 Å². The van der Waals surface area contributed by atoms with Crippen molar-refractivity contribution in [3.63, 3.8) is 0 Å². The fourth-order valence-corrected chi connectivity index (χ4v) is 1.37. The summed E-state index contributed by atoms with van der Waals surface area (Å²) in [5, 5.41) is 5.94. The Hall–Kier alpha value is -1.55. The van der Waals surface area contributed by atoms with E-state index >= 15 is 0 Å². The third-order valence-corrected chi connectivity index (χ3v) is 2.33. The average molecular weight is 250 g/mol. The molecule has 4 nitrogen and oxygen atoms in total. The second-order valence-electron chi connectivity index (χ2n) is 4.59. The van der Waals surface area contributed by atoms with Crippen molar-refractivity contribution in [1.29, 1.82) is 0 Å². The van der Waals surface area contributed by atoms with Crippen molar-refractivity contribution in [2.45, 2.75) is 27.3 Å². The summed E-state index contributed by atoms with van der Waals surface area (Å²) in [5.41, 5.74) is 1.95. The van der Waals surface area contributed by atoms with E-state index in [1.165, 1.54) is 5.56 Å². The summed E-state index contributed by atoms with van der Waals surface area (Å²) in [7, 11) is 0. The Balaban J connectivity index is 2.40. The van der Waals surface area contributed by atoms with E-state index in [2.05, 4.69) is 17.6 Å². The van der Waals surface area contributed by atoms with Gasteiger partial charge in [0, 0.05) is 12.2 Å². The molecule has 0 aliphatic heterocycles. The van der Waals surface area contributed by atoms with Crippen molar-refractivity contribution < 1.29 is 9.53 Å². The van der Waals surface area contributed by atoms with Crippen molar-refractivity contribution in [1.82, 2.24) is 5.32 Å². The average Bonchev–Trinajstić information content (AvgIpc) is 2.35. The SMILES string of the molecule is CCNCc1ccc(NC(=O)OCC(C)C)cc1. The van der Waals surface area contributed by atoms with Crippen molar-refractivity contribution in [3.05, 3.63) is 29.8 Å². The topological polar surface area (TPSA) is 50.4 Å². The summed E-state index contributed by atoms with van der Waals surface area (Å²) in [6, 6.07) is 7.73. The first-order valence-electron chi connectivity index (χ1n) is 6.35. The molecule has 0 saturated carbocycles. The minimum absolute atomic E-state index is 0.346. The molecule has 1 aromatic rings. The summed E-state index contributed by atoms with van der Waals surface area (Å²) in [6.07, 6.45) is -0.400. The highest BCUT2D eigenvalue weighted by atomic mass is 16.5. The van der Waals surface area contributed by atoms with Gasteiger partial charge in [-0.1, -0.05) is 32.9 Å². The van der Waals surface area contributed by atoms with Crippen LogP contribution in [-0.2, 0) is 11.3 Å². The van der Waals surface area contributed by atoms with Gasteiger partial charge in [-0.05, 0) is 30.2 Å². The number of rotatable bonds is 6. The Morgan fingerprint density at radius 1 is 1.28 bits per heavy atom. The van der Waals surface area contributed by atoms with E-state index < -0.39 is 6.09 Å². The minimum Gasteiger partial charge on any atom is -0.449 e. The van der Waals surface area contributed by atoms with E-state index in [4.69, 9.17) is 4.74 Å². The third-order valence-electron chi connectivity index (χ3n) is 2.33. The molecule has 1 amide bonds. The van der Waals surface area contributed by atoms with Crippen LogP contribution in [0.2, 0.25) is 0 Å². The Morgan fingerprint density at radius 2 is 1.94 bits per heavy atom. The molecule has 18 heavy (non-hydrogen) atoms. The highest BCUT2D eigenvalue weighted by Crippen LogP contribution is 2.10. The molecule has 0 heterocycles. The summed E-state index contributed by atoms with van der Waals surface area (Å²) in [6.45, 7) is 8.30. The van der Waals surface area contributed by atoms with Gasteiger partial charge in [0.1, 0.15) is 0 Å². The van der Waals surface area contributed by atoms with Crippen LogP contribution in [0.1, 0.15) is 26.3 Å². The first-order chi connectivity index (χ1) is 8.61. The Bertz CT molecular complexity index is 361. The molecule has 0 aliphatic carbocycles. The van der Waals surface area contributed by atoms with Crippen LogP contribution in [0.5, 0.6) is 0 Å². The molecule has 0 aromatic heterocycles. The predicted octanol–water partition coefficient (Wildman–Crippen LogP) is 3.00. The predicted molar refractivity (Wildman–Crippen MR) is 73.6 cm³/mol. The second-order valence-corrected chi connectivity index (χ2v) is 4.59. The fraction of sp³-hybridized carbons (Fsp3) is 0.500. The zero-order valence-corrected chi connectivity index (χ0v) is 11.3. The number of ether oxygens (including phenoxy) is 1. The van der Waals surface area contributed by atoms with Gasteiger partial charge in [0.2, 0.25) is 0 Å². The summed E-state index contributed by atoms with van der Waals surface area (Å²) in [4.78, 5) is 11.4. The molecule has 0 fully saturated rings. The Kier molecular flexibility index (Phi) is 6.22. The Labute approximate surface area is 109 Å². The molecule has 0 unspecified atom stereocenters. The molecule has 0 saturated heterocycles. The van der Waals surface area contributed by atoms with Crippen LogP contribution in [-0.4, -0.2) is 19.2 Å². The summed E-state index contributed by atoms with van der Waals surface area (Å²) < 4.78 is 5.04. The molecule has 2 N–H and O–H groups in total. The number of benzene rings is 1. The van der Waals surface area contributed by atoms with Gasteiger partial charge in [-0.2, -0.15) is 0 Å². The maximum atomic E-state index is 11.4. The maximum Gasteiger partial charge on any atom is 0.411 e. The van der Waals surface area contributed by atoms with Gasteiger partial charge in [-0.25, -0.2) is 4.79 Å². The van der Waals surface area contributed by atoms with Crippen LogP contribution in [0.15, 0.2) is 24.3 Å². The standard InChI is InChI=1S/C14H22N2O2/c1-4-15-9-12-5-7-13(8-6-12)16-14(17)18-10-11(2)3/h5-8,11,15H,4,9-10H2,1-3H3,(H,16,17). The highest BCUT2D eigenvalue weighted by Gasteiger charge is 2.04. The van der Waals surface area contributed by atoms with Crippen LogP contribution < -0.4 is 10.6 Å². The lowest BCUT2D eigenvalue weighted by molar-refractivity contribution is 0.147. The van der Waals surface area contributed by atoms with Gasteiger partial charge < -0.3 is 10.1 Å². The third kappa shape index (κ3) is 5.68. The number of hydrogen-bond acceptors (Lipinski definition) is 3. The number of carbonyl (C=O) groups is 1. The van der Waals surface area contributed by atoms with Crippen LogP contribution >= 0.6 is 0 Å². The zero-order valence-electron chi connectivity index (χ0n) is 11.3. The second kappa shape index (κ2) is 7.71. The maximum absolute atomic E-state index is 11.4. The molecule has 1 rings (SSSR count). The fourth-order valence-electron chi connectivity index (χ4n) is 1.37. The van der Waals surface area contributed by atoms with E-state index in [0.29, 0.717) is 12.5 Å². The van der Waals surface area contributed by atoms with Crippen LogP contribution in [0.3, 0.4) is 0 Å². The summed E-state index contributed by atoms with van der Waals surface area (Å²) >= 11 is 0. The molecule has 0 spiro atoms. The molecule has 100 valence electrons. The number of amides is 1. The van der Waals surface area contributed by atoms with E-state index in [9.17, 15) is 4.79 Å². The highest BCUT2D eigenvalue weighted by molar-refractivity contribution is 5.84. The van der Waals surface area contributed by atoms with Gasteiger partial charge in [-0.3, -0.25) is 5.32 Å². The molecule has 0 atom stereocenters. The first kappa shape index (κ1) is 14.5. The van der Waals surface area contributed by atoms with Crippen LogP contribution in [0, 0.1) is 5.92 Å². The van der Waals surface area contributed by atoms with E-state index in [1.54, 1.807) is 0 Å². The smallest absolute Gasteiger partial charge is 0.411 e. The van der Waals surface area contributed by atoms with Crippen molar-refractivity contribution in [3.8, 4) is 0 Å². The quantitative estimate of drug-likeness (QED) is 0.816. The molecule has 0 bridgehead atoms. The minimum atomic E-state index is -0.400. The van der Waals surface area contributed by atoms with E-state index in [1.807, 2.05) is 38.1 Å². The molecule has 0 aliphatic rings. The molecular weight excluding hydrogens is 228 g/mol. The number of hydrogen-bond donors (Lipinski definition) is 2. The number of anilines is 1. The number of nitrogens with one attached hydrogen (secondary N) is 2. The molecule has 0 radical (unpaired) electrons. The van der Waals surface area contributed by atoms with Gasteiger partial charge in [-0.15, -0.1) is 0 Å². The number of carbonyl (C=O) groups excluding carboxylic acids is 1. The van der Waals surface area contributed by atoms with E-state index in [0.717, 1.165) is 18.8 Å². The van der Waals surface area contributed by atoms with Crippen molar-refractivity contribution in [2.24, 2.45) is 5.92 Å². The lowest BCUT2D eigenvalue weighted by Crippen LogP contribution is -2.16. The van der Waals surface area contributed by atoms with Gasteiger partial charge in [0.05, 0.1) is 6.61 Å². The Morgan fingerprint density at radius 3 is 2.50 bits per heavy atom. The van der Waals surface area contributed by atoms with Gasteiger partial charge in [0.15, 0.2) is 0 Å². The molecular formula is C14H22N2O2. The monoisotopic (exact) mass is 250 g/mol. The van der Waals surface area contributed by atoms with Crippen LogP contribution in [0.25, 0.3) is 0 Å². The largest absolute Gasteiger partial charge is 0.449 e. The van der Waals surface area contributed by atoms with E-state index in [-0.39, 0.29) is 0 Å². The lowest BCUT2D eigenvalue weighted by atomic mass is 10.2. The molecule has 1 aromatic carbocycles. The van der Waals surface area contributed by atoms with Crippen LogP contribution in [0.4, 0.5) is 10.5 Å². The lowest BCUT2D eigenvalue weighted by Gasteiger charge is -2.09. The molecule has 4 heteroatoms. The normalized spacial score (nSPS) is 10.4. The van der Waals surface area contributed by atoms with Gasteiger partial charge >= 0.3 is 6.09 Å². The van der Waals surface area contributed by atoms with Crippen molar-refractivity contribution >= 4 is 11.8 Å².